The Labute approximate surface area is 121 Å². The molecule has 0 spiro atoms. The number of fused-ring (bicyclic) bond motifs is 1. The molecule has 0 bridgehead atoms. The Morgan fingerprint density at radius 2 is 2.10 bits per heavy atom. The minimum atomic E-state index is -4.41. The van der Waals surface area contributed by atoms with Crippen molar-refractivity contribution < 1.29 is 13.2 Å². The van der Waals surface area contributed by atoms with Gasteiger partial charge >= 0.3 is 6.18 Å². The molecule has 3 rings (SSSR count). The summed E-state index contributed by atoms with van der Waals surface area (Å²) in [4.78, 5) is 18.6. The van der Waals surface area contributed by atoms with Gasteiger partial charge in [-0.15, -0.1) is 0 Å². The Morgan fingerprint density at radius 3 is 2.86 bits per heavy atom. The van der Waals surface area contributed by atoms with E-state index >= 15 is 0 Å². The van der Waals surface area contributed by atoms with E-state index in [-0.39, 0.29) is 17.2 Å². The van der Waals surface area contributed by atoms with Gasteiger partial charge in [0, 0.05) is 22.8 Å². The molecule has 8 heteroatoms. The molecule has 0 radical (unpaired) electrons. The standard InChI is InChI=1S/C13H10F3N3OS/c14-13(15,16)7-2-1-3-8(4-7)17-12-18-10-6-21-5-9(10)11(20)19-12/h1-4H,5-6H2,(H2,17,18,19,20). The number of anilines is 2. The Hall–Kier alpha value is -1.96. The zero-order chi connectivity index (χ0) is 15.0. The summed E-state index contributed by atoms with van der Waals surface area (Å²) in [6.07, 6.45) is -4.41. The highest BCUT2D eigenvalue weighted by molar-refractivity contribution is 7.98. The maximum atomic E-state index is 12.6. The van der Waals surface area contributed by atoms with Crippen LogP contribution in [0.2, 0.25) is 0 Å². The molecule has 1 aliphatic heterocycles. The van der Waals surface area contributed by atoms with Gasteiger partial charge < -0.3 is 5.32 Å². The van der Waals surface area contributed by atoms with Gasteiger partial charge in [-0.3, -0.25) is 9.78 Å². The summed E-state index contributed by atoms with van der Waals surface area (Å²) in [5.41, 5.74) is 0.525. The first-order chi connectivity index (χ1) is 9.93. The molecule has 0 unspecified atom stereocenters. The van der Waals surface area contributed by atoms with Gasteiger partial charge in [-0.2, -0.15) is 24.9 Å². The van der Waals surface area contributed by atoms with E-state index in [1.54, 1.807) is 11.8 Å². The van der Waals surface area contributed by atoms with Crippen molar-refractivity contribution in [3.63, 3.8) is 0 Å². The third-order valence-electron chi connectivity index (χ3n) is 3.04. The number of benzene rings is 1. The SMILES string of the molecule is O=c1[nH]c(Nc2cccc(C(F)(F)F)c2)nc2c1CSC2. The van der Waals surface area contributed by atoms with Crippen LogP contribution in [-0.2, 0) is 17.7 Å². The monoisotopic (exact) mass is 313 g/mol. The smallest absolute Gasteiger partial charge is 0.326 e. The van der Waals surface area contributed by atoms with Gasteiger partial charge in [0.1, 0.15) is 0 Å². The van der Waals surface area contributed by atoms with E-state index in [0.29, 0.717) is 22.8 Å². The molecule has 0 fully saturated rings. The van der Waals surface area contributed by atoms with Crippen LogP contribution in [0.1, 0.15) is 16.8 Å². The van der Waals surface area contributed by atoms with Gasteiger partial charge in [0.2, 0.25) is 5.95 Å². The van der Waals surface area contributed by atoms with Crippen LogP contribution in [0.3, 0.4) is 0 Å². The number of rotatable bonds is 2. The number of alkyl halides is 3. The predicted molar refractivity (Wildman–Crippen MR) is 74.6 cm³/mol. The second-order valence-electron chi connectivity index (χ2n) is 4.54. The fourth-order valence-corrected chi connectivity index (χ4v) is 3.07. The van der Waals surface area contributed by atoms with E-state index in [2.05, 4.69) is 15.3 Å². The number of thioether (sulfide) groups is 1. The first-order valence-electron chi connectivity index (χ1n) is 6.07. The lowest BCUT2D eigenvalue weighted by atomic mass is 10.2. The van der Waals surface area contributed by atoms with Crippen LogP contribution < -0.4 is 10.9 Å². The zero-order valence-electron chi connectivity index (χ0n) is 10.6. The van der Waals surface area contributed by atoms with Crippen molar-refractivity contribution in [1.29, 1.82) is 0 Å². The second kappa shape index (κ2) is 5.10. The molecule has 2 heterocycles. The first kappa shape index (κ1) is 14.0. The average Bonchev–Trinajstić information content (AvgIpc) is 2.87. The highest BCUT2D eigenvalue weighted by Crippen LogP contribution is 2.31. The van der Waals surface area contributed by atoms with Gasteiger partial charge in [-0.1, -0.05) is 6.07 Å². The van der Waals surface area contributed by atoms with E-state index in [9.17, 15) is 18.0 Å². The fraction of sp³-hybridized carbons (Fsp3) is 0.231. The number of nitrogens with zero attached hydrogens (tertiary/aromatic N) is 1. The van der Waals surface area contributed by atoms with Crippen molar-refractivity contribution >= 4 is 23.4 Å². The lowest BCUT2D eigenvalue weighted by Crippen LogP contribution is -2.16. The van der Waals surface area contributed by atoms with Gasteiger partial charge in [0.15, 0.2) is 0 Å². The zero-order valence-corrected chi connectivity index (χ0v) is 11.4. The lowest BCUT2D eigenvalue weighted by molar-refractivity contribution is -0.137. The molecule has 21 heavy (non-hydrogen) atoms. The molecule has 0 atom stereocenters. The third-order valence-corrected chi connectivity index (χ3v) is 4.01. The van der Waals surface area contributed by atoms with Gasteiger partial charge in [0.25, 0.3) is 5.56 Å². The molecule has 1 aromatic heterocycles. The van der Waals surface area contributed by atoms with Crippen molar-refractivity contribution in [2.75, 3.05) is 5.32 Å². The maximum absolute atomic E-state index is 12.6. The van der Waals surface area contributed by atoms with Gasteiger partial charge in [-0.05, 0) is 18.2 Å². The van der Waals surface area contributed by atoms with Crippen LogP contribution in [0.15, 0.2) is 29.1 Å². The number of nitrogens with one attached hydrogen (secondary N) is 2. The normalized spacial score (nSPS) is 14.0. The van der Waals surface area contributed by atoms with Crippen LogP contribution in [0.4, 0.5) is 24.8 Å². The summed E-state index contributed by atoms with van der Waals surface area (Å²) >= 11 is 1.58. The number of H-pyrrole nitrogens is 1. The Bertz CT molecular complexity index is 742. The largest absolute Gasteiger partial charge is 0.416 e. The van der Waals surface area contributed by atoms with Crippen LogP contribution in [0.5, 0.6) is 0 Å². The third kappa shape index (κ3) is 2.90. The van der Waals surface area contributed by atoms with Crippen LogP contribution in [-0.4, -0.2) is 9.97 Å². The molecule has 1 aliphatic rings. The molecule has 0 aliphatic carbocycles. The molecule has 0 saturated carbocycles. The highest BCUT2D eigenvalue weighted by atomic mass is 32.2. The van der Waals surface area contributed by atoms with Crippen LogP contribution in [0, 0.1) is 0 Å². The minimum Gasteiger partial charge on any atom is -0.326 e. The Morgan fingerprint density at radius 1 is 1.29 bits per heavy atom. The van der Waals surface area contributed by atoms with Crippen molar-refractivity contribution in [2.45, 2.75) is 17.7 Å². The van der Waals surface area contributed by atoms with Gasteiger partial charge in [0.05, 0.1) is 11.3 Å². The number of aromatic amines is 1. The van der Waals surface area contributed by atoms with E-state index in [4.69, 9.17) is 0 Å². The highest BCUT2D eigenvalue weighted by Gasteiger charge is 2.30. The number of aromatic nitrogens is 2. The molecule has 110 valence electrons. The molecule has 0 amide bonds. The lowest BCUT2D eigenvalue weighted by Gasteiger charge is -2.10. The van der Waals surface area contributed by atoms with E-state index in [0.717, 1.165) is 12.1 Å². The van der Waals surface area contributed by atoms with E-state index in [1.807, 2.05) is 0 Å². The van der Waals surface area contributed by atoms with Crippen molar-refractivity contribution in [3.05, 3.63) is 51.4 Å². The average molecular weight is 313 g/mol. The summed E-state index contributed by atoms with van der Waals surface area (Å²) < 4.78 is 37.9. The minimum absolute atomic E-state index is 0.153. The predicted octanol–water partition coefficient (Wildman–Crippen LogP) is 3.28. The summed E-state index contributed by atoms with van der Waals surface area (Å²) in [6.45, 7) is 0. The Kier molecular flexibility index (Phi) is 3.40. The topological polar surface area (TPSA) is 57.8 Å². The first-order valence-corrected chi connectivity index (χ1v) is 7.23. The molecular weight excluding hydrogens is 303 g/mol. The van der Waals surface area contributed by atoms with E-state index < -0.39 is 11.7 Å². The van der Waals surface area contributed by atoms with Crippen molar-refractivity contribution in [2.24, 2.45) is 0 Å². The van der Waals surface area contributed by atoms with Crippen LogP contribution >= 0.6 is 11.8 Å². The molecule has 2 aromatic rings. The van der Waals surface area contributed by atoms with Crippen molar-refractivity contribution in [1.82, 2.24) is 9.97 Å². The summed E-state index contributed by atoms with van der Waals surface area (Å²) in [6, 6.07) is 4.74. The Balaban J connectivity index is 1.91. The van der Waals surface area contributed by atoms with Crippen molar-refractivity contribution in [3.8, 4) is 0 Å². The number of hydrogen-bond acceptors (Lipinski definition) is 4. The quantitative estimate of drug-likeness (QED) is 0.893. The molecule has 2 N–H and O–H groups in total. The number of hydrogen-bond donors (Lipinski definition) is 2. The van der Waals surface area contributed by atoms with Gasteiger partial charge in [-0.25, -0.2) is 4.98 Å². The molecule has 1 aromatic carbocycles. The second-order valence-corrected chi connectivity index (χ2v) is 5.52. The number of halogens is 3. The summed E-state index contributed by atoms with van der Waals surface area (Å²) in [5.74, 6) is 1.40. The van der Waals surface area contributed by atoms with Crippen LogP contribution in [0.25, 0.3) is 0 Å². The fourth-order valence-electron chi connectivity index (χ4n) is 2.03. The maximum Gasteiger partial charge on any atom is 0.416 e. The molecule has 0 saturated heterocycles. The summed E-state index contributed by atoms with van der Waals surface area (Å²) in [5, 5.41) is 2.71. The summed E-state index contributed by atoms with van der Waals surface area (Å²) in [7, 11) is 0. The molecule has 4 nitrogen and oxygen atoms in total. The van der Waals surface area contributed by atoms with E-state index in [1.165, 1.54) is 12.1 Å². The molecular formula is C13H10F3N3OS.